The number of hydrogen-bond acceptors (Lipinski definition) is 2. The molecule has 0 amide bonds. The maximum atomic E-state index is 5.69. The molecule has 0 heterocycles. The molecule has 2 nitrogen and oxygen atoms in total. The minimum atomic E-state index is 0.556. The van der Waals surface area contributed by atoms with Gasteiger partial charge in [0.2, 0.25) is 0 Å². The minimum absolute atomic E-state index is 0.556. The van der Waals surface area contributed by atoms with E-state index < -0.39 is 0 Å². The summed E-state index contributed by atoms with van der Waals surface area (Å²) < 4.78 is 5.69. The van der Waals surface area contributed by atoms with Gasteiger partial charge in [0.05, 0.1) is 6.10 Å². The van der Waals surface area contributed by atoms with E-state index in [1.54, 1.807) is 0 Å². The molecule has 78 valence electrons. The van der Waals surface area contributed by atoms with Gasteiger partial charge in [-0.3, -0.25) is 0 Å². The molecular formula is C11H23NO. The van der Waals surface area contributed by atoms with Crippen molar-refractivity contribution in [1.82, 2.24) is 5.32 Å². The molecule has 1 fully saturated rings. The molecule has 0 aromatic carbocycles. The Morgan fingerprint density at radius 2 is 2.00 bits per heavy atom. The van der Waals surface area contributed by atoms with Crippen molar-refractivity contribution in [2.45, 2.75) is 58.1 Å². The van der Waals surface area contributed by atoms with E-state index in [4.69, 9.17) is 4.74 Å². The lowest BCUT2D eigenvalue weighted by atomic mass is 9.89. The van der Waals surface area contributed by atoms with Crippen LogP contribution < -0.4 is 5.32 Å². The molecule has 0 aromatic heterocycles. The normalized spacial score (nSPS) is 27.2. The average molecular weight is 185 g/mol. The molecule has 0 saturated heterocycles. The second kappa shape index (κ2) is 6.39. The van der Waals surface area contributed by atoms with Gasteiger partial charge in [0, 0.05) is 12.6 Å². The first kappa shape index (κ1) is 11.0. The topological polar surface area (TPSA) is 21.3 Å². The summed E-state index contributed by atoms with van der Waals surface area (Å²) in [4.78, 5) is 0. The number of ether oxygens (including phenoxy) is 1. The van der Waals surface area contributed by atoms with Crippen molar-refractivity contribution >= 4 is 0 Å². The quantitative estimate of drug-likeness (QED) is 0.615. The van der Waals surface area contributed by atoms with Crippen LogP contribution in [0.5, 0.6) is 0 Å². The monoisotopic (exact) mass is 185 g/mol. The van der Waals surface area contributed by atoms with Gasteiger partial charge in [-0.05, 0) is 32.2 Å². The van der Waals surface area contributed by atoms with Crippen molar-refractivity contribution in [3.05, 3.63) is 0 Å². The van der Waals surface area contributed by atoms with Crippen LogP contribution in [0.15, 0.2) is 0 Å². The Kier molecular flexibility index (Phi) is 5.40. The second-order valence-electron chi connectivity index (χ2n) is 3.97. The SMILES string of the molecule is CCCCOC1CC(NCCC)C1. The van der Waals surface area contributed by atoms with Crippen LogP contribution in [0.4, 0.5) is 0 Å². The van der Waals surface area contributed by atoms with Gasteiger partial charge in [0.15, 0.2) is 0 Å². The molecule has 0 aromatic rings. The fourth-order valence-corrected chi connectivity index (χ4v) is 1.61. The highest BCUT2D eigenvalue weighted by atomic mass is 16.5. The van der Waals surface area contributed by atoms with E-state index in [-0.39, 0.29) is 0 Å². The van der Waals surface area contributed by atoms with E-state index in [1.807, 2.05) is 0 Å². The molecule has 2 heteroatoms. The van der Waals surface area contributed by atoms with Gasteiger partial charge in [-0.25, -0.2) is 0 Å². The van der Waals surface area contributed by atoms with Crippen molar-refractivity contribution in [2.75, 3.05) is 13.2 Å². The number of rotatable bonds is 7. The summed E-state index contributed by atoms with van der Waals surface area (Å²) in [5, 5.41) is 3.51. The highest BCUT2D eigenvalue weighted by Gasteiger charge is 2.28. The molecule has 0 aliphatic heterocycles. The highest BCUT2D eigenvalue weighted by Crippen LogP contribution is 2.23. The standard InChI is InChI=1S/C11H23NO/c1-3-5-7-13-11-8-10(9-11)12-6-4-2/h10-12H,3-9H2,1-2H3. The van der Waals surface area contributed by atoms with Gasteiger partial charge in [-0.2, -0.15) is 0 Å². The molecule has 0 atom stereocenters. The summed E-state index contributed by atoms with van der Waals surface area (Å²) >= 11 is 0. The Labute approximate surface area is 82.0 Å². The van der Waals surface area contributed by atoms with E-state index in [1.165, 1.54) is 32.1 Å². The second-order valence-corrected chi connectivity index (χ2v) is 3.97. The molecule has 0 bridgehead atoms. The fraction of sp³-hybridized carbons (Fsp3) is 1.00. The summed E-state index contributed by atoms with van der Waals surface area (Å²) in [6, 6.07) is 0.742. The average Bonchev–Trinajstić information content (AvgIpc) is 2.07. The van der Waals surface area contributed by atoms with Crippen molar-refractivity contribution in [1.29, 1.82) is 0 Å². The van der Waals surface area contributed by atoms with Crippen molar-refractivity contribution in [2.24, 2.45) is 0 Å². The number of nitrogens with one attached hydrogen (secondary N) is 1. The zero-order chi connectivity index (χ0) is 9.52. The molecule has 1 rings (SSSR count). The van der Waals surface area contributed by atoms with E-state index in [9.17, 15) is 0 Å². The molecule has 0 unspecified atom stereocenters. The maximum absolute atomic E-state index is 5.69. The van der Waals surface area contributed by atoms with Gasteiger partial charge in [-0.15, -0.1) is 0 Å². The lowest BCUT2D eigenvalue weighted by Crippen LogP contribution is -2.45. The Morgan fingerprint density at radius 1 is 1.23 bits per heavy atom. The summed E-state index contributed by atoms with van der Waals surface area (Å²) in [5.41, 5.74) is 0. The maximum Gasteiger partial charge on any atom is 0.0604 e. The molecule has 1 aliphatic rings. The highest BCUT2D eigenvalue weighted by molar-refractivity contribution is 4.85. The zero-order valence-electron chi connectivity index (χ0n) is 9.01. The summed E-state index contributed by atoms with van der Waals surface area (Å²) in [5.74, 6) is 0. The summed E-state index contributed by atoms with van der Waals surface area (Å²) in [6.45, 7) is 6.53. The Hall–Kier alpha value is -0.0800. The first-order chi connectivity index (χ1) is 6.36. The first-order valence-electron chi connectivity index (χ1n) is 5.71. The lowest BCUT2D eigenvalue weighted by molar-refractivity contribution is -0.0173. The predicted molar refractivity (Wildman–Crippen MR) is 56.0 cm³/mol. The van der Waals surface area contributed by atoms with Crippen LogP contribution in [0.2, 0.25) is 0 Å². The Balaban J connectivity index is 1.87. The van der Waals surface area contributed by atoms with Crippen molar-refractivity contribution < 1.29 is 4.74 Å². The molecule has 0 radical (unpaired) electrons. The third kappa shape index (κ3) is 4.10. The molecule has 1 aliphatic carbocycles. The third-order valence-electron chi connectivity index (χ3n) is 2.63. The van der Waals surface area contributed by atoms with E-state index in [0.717, 1.165) is 19.2 Å². The largest absolute Gasteiger partial charge is 0.378 e. The lowest BCUT2D eigenvalue weighted by Gasteiger charge is -2.35. The van der Waals surface area contributed by atoms with Gasteiger partial charge in [0.25, 0.3) is 0 Å². The predicted octanol–water partition coefficient (Wildman–Crippen LogP) is 2.33. The summed E-state index contributed by atoms with van der Waals surface area (Å²) in [6.07, 6.45) is 6.69. The van der Waals surface area contributed by atoms with Crippen LogP contribution >= 0.6 is 0 Å². The number of hydrogen-bond donors (Lipinski definition) is 1. The van der Waals surface area contributed by atoms with Crippen LogP contribution in [0, 0.1) is 0 Å². The Morgan fingerprint density at radius 3 is 2.62 bits per heavy atom. The van der Waals surface area contributed by atoms with Crippen molar-refractivity contribution in [3.8, 4) is 0 Å². The molecule has 13 heavy (non-hydrogen) atoms. The van der Waals surface area contributed by atoms with Gasteiger partial charge in [0.1, 0.15) is 0 Å². The van der Waals surface area contributed by atoms with Crippen molar-refractivity contribution in [3.63, 3.8) is 0 Å². The Bertz CT molecular complexity index is 121. The van der Waals surface area contributed by atoms with Crippen LogP contribution in [0.1, 0.15) is 46.0 Å². The first-order valence-corrected chi connectivity index (χ1v) is 5.71. The van der Waals surface area contributed by atoms with E-state index in [0.29, 0.717) is 6.10 Å². The molecule has 0 spiro atoms. The fourth-order valence-electron chi connectivity index (χ4n) is 1.61. The molecular weight excluding hydrogens is 162 g/mol. The van der Waals surface area contributed by atoms with Gasteiger partial charge < -0.3 is 10.1 Å². The zero-order valence-corrected chi connectivity index (χ0v) is 9.01. The third-order valence-corrected chi connectivity index (χ3v) is 2.63. The van der Waals surface area contributed by atoms with Crippen LogP contribution in [0.25, 0.3) is 0 Å². The molecule has 1 saturated carbocycles. The summed E-state index contributed by atoms with van der Waals surface area (Å²) in [7, 11) is 0. The van der Waals surface area contributed by atoms with E-state index >= 15 is 0 Å². The minimum Gasteiger partial charge on any atom is -0.378 e. The van der Waals surface area contributed by atoms with Crippen LogP contribution in [-0.4, -0.2) is 25.3 Å². The number of unbranched alkanes of at least 4 members (excludes halogenated alkanes) is 1. The van der Waals surface area contributed by atoms with Crippen LogP contribution in [0.3, 0.4) is 0 Å². The van der Waals surface area contributed by atoms with Crippen LogP contribution in [-0.2, 0) is 4.74 Å². The van der Waals surface area contributed by atoms with Gasteiger partial charge >= 0.3 is 0 Å². The molecule has 1 N–H and O–H groups in total. The van der Waals surface area contributed by atoms with E-state index in [2.05, 4.69) is 19.2 Å². The van der Waals surface area contributed by atoms with Gasteiger partial charge in [-0.1, -0.05) is 20.3 Å². The smallest absolute Gasteiger partial charge is 0.0604 e.